The van der Waals surface area contributed by atoms with E-state index in [4.69, 9.17) is 35.7 Å². The standard InChI is InChI=1S/C31H30ClFO6/c1-16-9-21(38-20-7-8-36-15-20)10-17(2)29(16)30-23-5-6-26(31(23)25(33)13-24(30)32)39-19-3-4-22-18(11-28(34)35)14-37-27(22)12-19/h3-4,9-10,12-13,18,20,26H,5-8,11,14-15H2,1-2H3,(H,34,35)/t18?,20?,26-/m1/s1. The van der Waals surface area contributed by atoms with Crippen molar-refractivity contribution in [1.29, 1.82) is 0 Å². The summed E-state index contributed by atoms with van der Waals surface area (Å²) in [6.07, 6.45) is 1.71. The van der Waals surface area contributed by atoms with Crippen LogP contribution in [0.5, 0.6) is 17.2 Å². The number of benzene rings is 3. The van der Waals surface area contributed by atoms with Crippen LogP contribution in [0.1, 0.15) is 59.1 Å². The van der Waals surface area contributed by atoms with E-state index in [0.29, 0.717) is 54.7 Å². The zero-order valence-corrected chi connectivity index (χ0v) is 22.6. The summed E-state index contributed by atoms with van der Waals surface area (Å²) < 4.78 is 39.0. The number of carboxylic acids is 1. The van der Waals surface area contributed by atoms with Gasteiger partial charge in [-0.2, -0.15) is 0 Å². The van der Waals surface area contributed by atoms with Gasteiger partial charge in [-0.15, -0.1) is 0 Å². The molecule has 6 rings (SSSR count). The van der Waals surface area contributed by atoms with E-state index < -0.39 is 12.1 Å². The van der Waals surface area contributed by atoms with Crippen LogP contribution in [0.3, 0.4) is 0 Å². The van der Waals surface area contributed by atoms with E-state index in [2.05, 4.69) is 0 Å². The Kier molecular flexibility index (Phi) is 6.89. The van der Waals surface area contributed by atoms with Crippen molar-refractivity contribution >= 4 is 17.6 Å². The first kappa shape index (κ1) is 26.0. The fourth-order valence-corrected chi connectivity index (χ4v) is 6.46. The molecule has 0 amide bonds. The van der Waals surface area contributed by atoms with Crippen molar-refractivity contribution in [3.05, 3.63) is 75.1 Å². The number of carboxylic acid groups (broad SMARTS) is 1. The van der Waals surface area contributed by atoms with Crippen molar-refractivity contribution in [3.63, 3.8) is 0 Å². The number of aliphatic carboxylic acids is 1. The fourth-order valence-electron chi connectivity index (χ4n) is 6.16. The molecular formula is C31H30ClFO6. The topological polar surface area (TPSA) is 74.2 Å². The van der Waals surface area contributed by atoms with Crippen molar-refractivity contribution in [2.75, 3.05) is 19.8 Å². The first-order valence-corrected chi connectivity index (χ1v) is 13.7. The summed E-state index contributed by atoms with van der Waals surface area (Å²) in [5.74, 6) is 0.549. The van der Waals surface area contributed by atoms with Crippen LogP contribution in [0.2, 0.25) is 5.02 Å². The molecule has 2 heterocycles. The number of rotatable bonds is 7. The van der Waals surface area contributed by atoms with Crippen molar-refractivity contribution < 1.29 is 33.2 Å². The van der Waals surface area contributed by atoms with Gasteiger partial charge < -0.3 is 24.1 Å². The maximum Gasteiger partial charge on any atom is 0.304 e. The number of ether oxygens (including phenoxy) is 4. The molecule has 2 unspecified atom stereocenters. The first-order chi connectivity index (χ1) is 18.8. The summed E-state index contributed by atoms with van der Waals surface area (Å²) in [6, 6.07) is 10.8. The second-order valence-corrected chi connectivity index (χ2v) is 11.0. The fraction of sp³-hybridized carbons (Fsp3) is 0.387. The molecule has 3 aromatic carbocycles. The Morgan fingerprint density at radius 2 is 1.85 bits per heavy atom. The molecule has 0 saturated carbocycles. The lowest BCUT2D eigenvalue weighted by atomic mass is 9.90. The molecule has 0 aromatic heterocycles. The third-order valence-corrected chi connectivity index (χ3v) is 8.16. The van der Waals surface area contributed by atoms with Gasteiger partial charge in [-0.05, 0) is 73.2 Å². The minimum atomic E-state index is -0.861. The van der Waals surface area contributed by atoms with E-state index in [0.717, 1.165) is 45.6 Å². The molecule has 204 valence electrons. The molecule has 39 heavy (non-hydrogen) atoms. The Hall–Kier alpha value is -3.29. The largest absolute Gasteiger partial charge is 0.492 e. The van der Waals surface area contributed by atoms with Crippen LogP contribution in [-0.4, -0.2) is 37.0 Å². The Balaban J connectivity index is 1.30. The van der Waals surface area contributed by atoms with Crippen LogP contribution >= 0.6 is 11.6 Å². The molecule has 8 heteroatoms. The van der Waals surface area contributed by atoms with Gasteiger partial charge in [0.25, 0.3) is 0 Å². The van der Waals surface area contributed by atoms with Crippen LogP contribution in [0.15, 0.2) is 36.4 Å². The lowest BCUT2D eigenvalue weighted by Crippen LogP contribution is -2.16. The quantitative estimate of drug-likeness (QED) is 0.342. The van der Waals surface area contributed by atoms with Gasteiger partial charge in [-0.1, -0.05) is 17.7 Å². The third kappa shape index (κ3) is 4.94. The van der Waals surface area contributed by atoms with E-state index in [9.17, 15) is 4.79 Å². The predicted molar refractivity (Wildman–Crippen MR) is 145 cm³/mol. The minimum Gasteiger partial charge on any atom is -0.492 e. The molecule has 0 radical (unpaired) electrons. The highest BCUT2D eigenvalue weighted by Gasteiger charge is 2.33. The summed E-state index contributed by atoms with van der Waals surface area (Å²) >= 11 is 6.70. The zero-order valence-electron chi connectivity index (χ0n) is 21.9. The summed E-state index contributed by atoms with van der Waals surface area (Å²) in [6.45, 7) is 5.68. The highest BCUT2D eigenvalue weighted by atomic mass is 35.5. The lowest BCUT2D eigenvalue weighted by Gasteiger charge is -2.21. The Bertz CT molecular complexity index is 1420. The Morgan fingerprint density at radius 1 is 1.05 bits per heavy atom. The second kappa shape index (κ2) is 10.4. The second-order valence-electron chi connectivity index (χ2n) is 10.6. The molecule has 1 N–H and O–H groups in total. The summed E-state index contributed by atoms with van der Waals surface area (Å²) in [7, 11) is 0. The molecule has 1 fully saturated rings. The summed E-state index contributed by atoms with van der Waals surface area (Å²) in [4.78, 5) is 11.2. The SMILES string of the molecule is Cc1cc(OC2CCOC2)cc(C)c1-c1c(Cl)cc(F)c2c1CC[C@H]2Oc1ccc2c(c1)OCC2CC(=O)O. The monoisotopic (exact) mass is 552 g/mol. The summed E-state index contributed by atoms with van der Waals surface area (Å²) in [5.41, 5.74) is 6.11. The van der Waals surface area contributed by atoms with E-state index in [1.54, 1.807) is 12.1 Å². The molecule has 6 nitrogen and oxygen atoms in total. The zero-order chi connectivity index (χ0) is 27.3. The molecule has 0 spiro atoms. The van der Waals surface area contributed by atoms with Crippen LogP contribution in [0, 0.1) is 19.7 Å². The van der Waals surface area contributed by atoms with E-state index in [-0.39, 0.29) is 24.3 Å². The van der Waals surface area contributed by atoms with Crippen molar-refractivity contribution in [1.82, 2.24) is 0 Å². The van der Waals surface area contributed by atoms with Crippen LogP contribution in [0.25, 0.3) is 11.1 Å². The number of halogens is 2. The van der Waals surface area contributed by atoms with E-state index in [1.807, 2.05) is 32.0 Å². The molecule has 3 aliphatic rings. The van der Waals surface area contributed by atoms with Crippen LogP contribution < -0.4 is 14.2 Å². The number of aryl methyl sites for hydroxylation is 2. The highest BCUT2D eigenvalue weighted by Crippen LogP contribution is 2.47. The lowest BCUT2D eigenvalue weighted by molar-refractivity contribution is -0.137. The number of carbonyl (C=O) groups is 1. The maximum absolute atomic E-state index is 15.4. The highest BCUT2D eigenvalue weighted by molar-refractivity contribution is 6.33. The molecule has 1 aliphatic carbocycles. The van der Waals surface area contributed by atoms with Gasteiger partial charge in [0.2, 0.25) is 0 Å². The van der Waals surface area contributed by atoms with Gasteiger partial charge in [0.15, 0.2) is 0 Å². The third-order valence-electron chi connectivity index (χ3n) is 7.87. The number of hydrogen-bond acceptors (Lipinski definition) is 5. The maximum atomic E-state index is 15.4. The van der Waals surface area contributed by atoms with E-state index >= 15 is 4.39 Å². The molecule has 0 bridgehead atoms. The van der Waals surface area contributed by atoms with Crippen molar-refractivity contribution in [2.24, 2.45) is 0 Å². The van der Waals surface area contributed by atoms with Gasteiger partial charge in [0.05, 0.1) is 31.3 Å². The van der Waals surface area contributed by atoms with Gasteiger partial charge in [0, 0.05) is 35.1 Å². The van der Waals surface area contributed by atoms with Crippen LogP contribution in [-0.2, 0) is 16.0 Å². The van der Waals surface area contributed by atoms with Gasteiger partial charge in [-0.25, -0.2) is 4.39 Å². The first-order valence-electron chi connectivity index (χ1n) is 13.3. The predicted octanol–water partition coefficient (Wildman–Crippen LogP) is 6.95. The molecule has 2 aliphatic heterocycles. The average molecular weight is 553 g/mol. The number of fused-ring (bicyclic) bond motifs is 2. The van der Waals surface area contributed by atoms with E-state index in [1.165, 1.54) is 6.07 Å². The summed E-state index contributed by atoms with van der Waals surface area (Å²) in [5, 5.41) is 9.54. The molecule has 1 saturated heterocycles. The minimum absolute atomic E-state index is 0.0128. The molecular weight excluding hydrogens is 523 g/mol. The Morgan fingerprint density at radius 3 is 2.56 bits per heavy atom. The van der Waals surface area contributed by atoms with Crippen LogP contribution in [0.4, 0.5) is 4.39 Å². The Labute approximate surface area is 231 Å². The smallest absolute Gasteiger partial charge is 0.304 e. The van der Waals surface area contributed by atoms with Crippen molar-refractivity contribution in [2.45, 2.75) is 57.7 Å². The average Bonchev–Trinajstić information content (AvgIpc) is 3.62. The molecule has 3 aromatic rings. The van der Waals surface area contributed by atoms with Crippen molar-refractivity contribution in [3.8, 4) is 28.4 Å². The number of hydrogen-bond donors (Lipinski definition) is 1. The van der Waals surface area contributed by atoms with Gasteiger partial charge in [0.1, 0.15) is 35.3 Å². The van der Waals surface area contributed by atoms with Gasteiger partial charge in [-0.3, -0.25) is 4.79 Å². The normalized spacial score (nSPS) is 21.4. The van der Waals surface area contributed by atoms with Gasteiger partial charge >= 0.3 is 5.97 Å². The molecule has 3 atom stereocenters.